The van der Waals surface area contributed by atoms with Crippen molar-refractivity contribution in [3.63, 3.8) is 0 Å². The maximum absolute atomic E-state index is 13.6. The summed E-state index contributed by atoms with van der Waals surface area (Å²) in [7, 11) is -16.1. The number of amides is 3. The molecule has 0 radical (unpaired) electrons. The highest BCUT2D eigenvalue weighted by Crippen LogP contribution is 2.40. The molecule has 8 rings (SSSR count). The number of carbonyl (C=O) groups excluding carboxylic acids is 3. The van der Waals surface area contributed by atoms with Crippen molar-refractivity contribution in [2.75, 3.05) is 58.4 Å². The van der Waals surface area contributed by atoms with Gasteiger partial charge < -0.3 is 19.6 Å². The summed E-state index contributed by atoms with van der Waals surface area (Å²) in [6.45, 7) is 5.87. The van der Waals surface area contributed by atoms with Crippen LogP contribution in [0, 0.1) is 0 Å². The van der Waals surface area contributed by atoms with Crippen LogP contribution in [0.5, 0.6) is 0 Å². The van der Waals surface area contributed by atoms with E-state index >= 15 is 0 Å². The molecule has 75 heavy (non-hydrogen) atoms. The van der Waals surface area contributed by atoms with Gasteiger partial charge in [0.2, 0.25) is 20.0 Å². The van der Waals surface area contributed by atoms with Crippen molar-refractivity contribution in [1.82, 2.24) is 38.0 Å². The van der Waals surface area contributed by atoms with Crippen LogP contribution in [0.2, 0.25) is 10.0 Å². The summed E-state index contributed by atoms with van der Waals surface area (Å²) in [5.41, 5.74) is 6.97. The number of hydrogen-bond acceptors (Lipinski definition) is 15. The summed E-state index contributed by atoms with van der Waals surface area (Å²) >= 11 is 12.6. The summed E-state index contributed by atoms with van der Waals surface area (Å²) in [4.78, 5) is 47.3. The molecule has 4 aromatic heterocycles. The van der Waals surface area contributed by atoms with Crippen molar-refractivity contribution < 1.29 is 52.8 Å². The van der Waals surface area contributed by atoms with Gasteiger partial charge in [-0.1, -0.05) is 23.2 Å². The number of nitrogens with two attached hydrogens (primary N) is 1. The van der Waals surface area contributed by atoms with Gasteiger partial charge in [-0.25, -0.2) is 41.0 Å². The van der Waals surface area contributed by atoms with E-state index < -0.39 is 64.0 Å². The third-order valence-electron chi connectivity index (χ3n) is 11.2. The summed E-state index contributed by atoms with van der Waals surface area (Å²) in [5, 5.41) is 3.90. The molecule has 404 valence electrons. The van der Waals surface area contributed by atoms with Crippen LogP contribution in [0.3, 0.4) is 0 Å². The third-order valence-corrected chi connectivity index (χ3v) is 15.8. The topological polar surface area (TPSA) is 325 Å². The Morgan fingerprint density at radius 2 is 1.12 bits per heavy atom. The minimum atomic E-state index is -4.09. The van der Waals surface area contributed by atoms with E-state index in [2.05, 4.69) is 24.7 Å². The molecule has 2 fully saturated rings. The Balaban J connectivity index is 0.000000222. The zero-order chi connectivity index (χ0) is 54.8. The van der Waals surface area contributed by atoms with Gasteiger partial charge >= 0.3 is 26.5 Å². The predicted molar refractivity (Wildman–Crippen MR) is 286 cm³/mol. The highest BCUT2D eigenvalue weighted by atomic mass is 35.5. The van der Waals surface area contributed by atoms with Crippen LogP contribution in [0.15, 0.2) is 73.1 Å². The first-order valence-electron chi connectivity index (χ1n) is 22.9. The number of sulfonamides is 2. The number of nitrogen functional groups attached to an aromatic ring is 1. The molecule has 0 spiro atoms. The van der Waals surface area contributed by atoms with Crippen LogP contribution in [-0.4, -0.2) is 115 Å². The molecular formula is C45H54Cl2N12O12S4. The monoisotopic (exact) mass is 1150 g/mol. The second-order valence-corrected chi connectivity index (χ2v) is 26.1. The van der Waals surface area contributed by atoms with Gasteiger partial charge in [0.1, 0.15) is 28.6 Å². The second kappa shape index (κ2) is 22.1. The Morgan fingerprint density at radius 1 is 0.680 bits per heavy atom. The first-order valence-corrected chi connectivity index (χ1v) is 30.3. The Bertz CT molecular complexity index is 3680. The molecule has 0 bridgehead atoms. The van der Waals surface area contributed by atoms with E-state index in [1.807, 2.05) is 9.44 Å². The van der Waals surface area contributed by atoms with Crippen LogP contribution in [-0.2, 0) is 58.3 Å². The first-order chi connectivity index (χ1) is 35.0. The van der Waals surface area contributed by atoms with E-state index in [0.717, 1.165) is 21.1 Å². The molecule has 0 unspecified atom stereocenters. The number of rotatable bonds is 11. The van der Waals surface area contributed by atoms with Gasteiger partial charge in [0.05, 0.1) is 34.9 Å². The molecule has 2 aliphatic heterocycles. The highest BCUT2D eigenvalue weighted by Gasteiger charge is 2.36. The van der Waals surface area contributed by atoms with Crippen LogP contribution < -0.4 is 38.5 Å². The number of anilines is 4. The highest BCUT2D eigenvalue weighted by molar-refractivity contribution is 7.91. The number of benzene rings is 2. The van der Waals surface area contributed by atoms with Gasteiger partial charge in [-0.05, 0) is 118 Å². The minimum absolute atomic E-state index is 0.000732. The molecule has 2 saturated heterocycles. The Labute approximate surface area is 443 Å². The van der Waals surface area contributed by atoms with Crippen LogP contribution in [0.1, 0.15) is 78.6 Å². The van der Waals surface area contributed by atoms with Gasteiger partial charge in [-0.15, -0.1) is 0 Å². The Kier molecular flexibility index (Phi) is 16.7. The average molecular weight is 1150 g/mol. The first kappa shape index (κ1) is 56.5. The number of halogens is 2. The number of hydrogen-bond donors (Lipinski definition) is 6. The molecule has 6 aromatic rings. The largest absolute Gasteiger partial charge is 0.444 e. The van der Waals surface area contributed by atoms with E-state index in [9.17, 15) is 48.1 Å². The van der Waals surface area contributed by atoms with Crippen LogP contribution in [0.25, 0.3) is 21.8 Å². The van der Waals surface area contributed by atoms with Gasteiger partial charge in [-0.2, -0.15) is 26.3 Å². The predicted octanol–water partition coefficient (Wildman–Crippen LogP) is 4.65. The molecule has 0 aliphatic carbocycles. The average Bonchev–Trinajstić information content (AvgIpc) is 3.57. The number of pyridine rings is 2. The van der Waals surface area contributed by atoms with Crippen molar-refractivity contribution in [2.24, 2.45) is 0 Å². The maximum atomic E-state index is 13.6. The van der Waals surface area contributed by atoms with Gasteiger partial charge in [0.25, 0.3) is 11.8 Å². The molecule has 3 amide bonds. The lowest BCUT2D eigenvalue weighted by molar-refractivity contribution is 0.0634. The van der Waals surface area contributed by atoms with E-state index in [1.54, 1.807) is 79.9 Å². The smallest absolute Gasteiger partial charge is 0.413 e. The van der Waals surface area contributed by atoms with Crippen LogP contribution in [0.4, 0.5) is 27.8 Å². The number of fused-ring (bicyclic) bond motifs is 2. The fourth-order valence-electron chi connectivity index (χ4n) is 8.38. The molecule has 24 nitrogen and oxygen atoms in total. The molecule has 6 heterocycles. The standard InChI is InChI=1S/C25H31ClN6O7S2.C20H23ClN6O5S2/c1-25(2,3)39-24(34)29-20-13-16(9-11-27-20)15-31-19-8-7-17(26)14-18(19)21(22(31)23(33)30-40(4,35)36)32-12-6-5-10-28-41(32,37)38;1-33(29,30)25-20(28)19-18(27-9-3-2-7-24-34(27,31)32)15-11-14(21)4-5-16(15)26(19)12-13-6-8-23-17(22)10-13/h7-9,11,13-14,28H,5-6,10,12,15H2,1-4H3,(H,30,33)(H,27,29,34);4-6,8,10-11,24H,2-3,7,9,12H2,1H3,(H2,22,23)(H,25,28). The van der Waals surface area contributed by atoms with Crippen molar-refractivity contribution >= 4 is 126 Å². The lowest BCUT2D eigenvalue weighted by atomic mass is 10.2. The van der Waals surface area contributed by atoms with Crippen molar-refractivity contribution in [2.45, 2.75) is 65.1 Å². The second-order valence-electron chi connectivity index (χ2n) is 18.4. The molecule has 0 atom stereocenters. The van der Waals surface area contributed by atoms with Crippen LogP contribution >= 0.6 is 23.2 Å². The fraction of sp³-hybridized carbons (Fsp3) is 0.356. The Morgan fingerprint density at radius 3 is 1.55 bits per heavy atom. The lowest BCUT2D eigenvalue weighted by Crippen LogP contribution is -2.41. The fourth-order valence-corrected chi connectivity index (χ4v) is 12.3. The van der Waals surface area contributed by atoms with Gasteiger partial charge in [0.15, 0.2) is 0 Å². The van der Waals surface area contributed by atoms with E-state index in [0.29, 0.717) is 68.7 Å². The minimum Gasteiger partial charge on any atom is -0.444 e. The summed E-state index contributed by atoms with van der Waals surface area (Å²) in [6.07, 6.45) is 6.14. The number of ether oxygens (including phenoxy) is 1. The summed E-state index contributed by atoms with van der Waals surface area (Å²) in [6, 6.07) is 16.1. The molecular weight excluding hydrogens is 1100 g/mol. The normalized spacial score (nSPS) is 16.0. The van der Waals surface area contributed by atoms with Crippen molar-refractivity contribution in [1.29, 1.82) is 0 Å². The molecule has 30 heteroatoms. The maximum Gasteiger partial charge on any atom is 0.413 e. The molecule has 2 aromatic carbocycles. The van der Waals surface area contributed by atoms with Crippen molar-refractivity contribution in [3.8, 4) is 0 Å². The van der Waals surface area contributed by atoms with Crippen molar-refractivity contribution in [3.05, 3.63) is 106 Å². The number of nitrogens with one attached hydrogen (secondary N) is 5. The summed E-state index contributed by atoms with van der Waals surface area (Å²) < 4.78 is 120. The van der Waals surface area contributed by atoms with Gasteiger partial charge in [0, 0.05) is 72.5 Å². The summed E-state index contributed by atoms with van der Waals surface area (Å²) in [5.74, 6) is -1.54. The van der Waals surface area contributed by atoms with Gasteiger partial charge in [-0.3, -0.25) is 23.5 Å². The Hall–Kier alpha value is -6.27. The number of nitrogens with zero attached hydrogens (tertiary/aromatic N) is 6. The molecule has 7 N–H and O–H groups in total. The zero-order valence-corrected chi connectivity index (χ0v) is 45.8. The number of aromatic nitrogens is 4. The molecule has 2 aliphatic rings. The number of carbonyl (C=O) groups is 3. The zero-order valence-electron chi connectivity index (χ0n) is 41.0. The lowest BCUT2D eigenvalue weighted by Gasteiger charge is -2.23. The molecule has 0 saturated carbocycles. The third kappa shape index (κ3) is 14.0. The van der Waals surface area contributed by atoms with E-state index in [-0.39, 0.29) is 73.7 Å². The SMILES string of the molecule is CC(C)(C)OC(=O)Nc1cc(Cn2c(C(=O)NS(C)(=O)=O)c(N3CCCCNS3(=O)=O)c3cc(Cl)ccc32)ccn1.CS(=O)(=O)NC(=O)c1c(N2CCCCNS2(=O)=O)c2cc(Cl)ccc2n1Cc1ccnc(N)c1. The van der Waals surface area contributed by atoms with E-state index in [1.165, 1.54) is 23.0 Å². The van der Waals surface area contributed by atoms with E-state index in [4.69, 9.17) is 33.7 Å². The quantitative estimate of drug-likeness (QED) is 0.103.